The van der Waals surface area contributed by atoms with E-state index in [0.717, 1.165) is 17.5 Å². The first kappa shape index (κ1) is 18.1. The standard InChI is InChI=1S/C11H13BrClFN2O4S/c1-3-16(5-8(17)20-2)21(18,19)7-4-6(13)9(12)11(15)10(7)14/h4H,3,5,15H2,1-2H3. The summed E-state index contributed by atoms with van der Waals surface area (Å²) in [5, 5.41) is -0.0541. The quantitative estimate of drug-likeness (QED) is 0.461. The van der Waals surface area contributed by atoms with Crippen molar-refractivity contribution < 1.29 is 22.3 Å². The van der Waals surface area contributed by atoms with Crippen molar-refractivity contribution in [3.63, 3.8) is 0 Å². The molecule has 0 bridgehead atoms. The van der Waals surface area contributed by atoms with Crippen molar-refractivity contribution in [2.24, 2.45) is 0 Å². The van der Waals surface area contributed by atoms with Crippen LogP contribution in [0.25, 0.3) is 0 Å². The molecule has 0 aliphatic carbocycles. The molecule has 0 saturated heterocycles. The summed E-state index contributed by atoms with van der Waals surface area (Å²) in [5.41, 5.74) is 5.05. The summed E-state index contributed by atoms with van der Waals surface area (Å²) in [4.78, 5) is 10.6. The van der Waals surface area contributed by atoms with Gasteiger partial charge in [-0.05, 0) is 22.0 Å². The van der Waals surface area contributed by atoms with Gasteiger partial charge in [-0.1, -0.05) is 18.5 Å². The van der Waals surface area contributed by atoms with E-state index < -0.39 is 38.9 Å². The lowest BCUT2D eigenvalue weighted by Gasteiger charge is -2.20. The molecule has 0 aliphatic rings. The molecule has 10 heteroatoms. The summed E-state index contributed by atoms with van der Waals surface area (Å²) in [5.74, 6) is -1.90. The molecule has 0 aliphatic heterocycles. The van der Waals surface area contributed by atoms with Crippen molar-refractivity contribution in [2.45, 2.75) is 11.8 Å². The molecule has 0 saturated carbocycles. The summed E-state index contributed by atoms with van der Waals surface area (Å²) < 4.78 is 44.2. The number of sulfonamides is 1. The lowest BCUT2D eigenvalue weighted by atomic mass is 10.3. The van der Waals surface area contributed by atoms with Gasteiger partial charge in [-0.25, -0.2) is 12.8 Å². The molecule has 6 nitrogen and oxygen atoms in total. The van der Waals surface area contributed by atoms with Crippen LogP contribution in [0.1, 0.15) is 6.92 Å². The largest absolute Gasteiger partial charge is 0.468 e. The van der Waals surface area contributed by atoms with Gasteiger partial charge in [0.15, 0.2) is 5.82 Å². The molecule has 0 spiro atoms. The Morgan fingerprint density at radius 1 is 1.57 bits per heavy atom. The number of benzene rings is 1. The van der Waals surface area contributed by atoms with Gasteiger partial charge in [0.1, 0.15) is 11.4 Å². The lowest BCUT2D eigenvalue weighted by molar-refractivity contribution is -0.140. The molecule has 2 N–H and O–H groups in total. The van der Waals surface area contributed by atoms with E-state index in [1.807, 2.05) is 0 Å². The second-order valence-corrected chi connectivity index (χ2v) is 7.01. The summed E-state index contributed by atoms with van der Waals surface area (Å²) in [7, 11) is -3.15. The van der Waals surface area contributed by atoms with Gasteiger partial charge in [0.05, 0.1) is 22.3 Å². The molecule has 0 heterocycles. The summed E-state index contributed by atoms with van der Waals surface area (Å²) in [6.45, 7) is 0.912. The molecule has 118 valence electrons. The zero-order valence-electron chi connectivity index (χ0n) is 11.2. The first-order chi connectivity index (χ1) is 9.66. The number of likely N-dealkylation sites (N-methyl/N-ethyl adjacent to an activating group) is 1. The highest BCUT2D eigenvalue weighted by Gasteiger charge is 2.30. The number of anilines is 1. The monoisotopic (exact) mass is 402 g/mol. The zero-order valence-corrected chi connectivity index (χ0v) is 14.3. The highest BCUT2D eigenvalue weighted by Crippen LogP contribution is 2.35. The number of hydrogen-bond acceptors (Lipinski definition) is 5. The highest BCUT2D eigenvalue weighted by molar-refractivity contribution is 9.10. The maximum absolute atomic E-state index is 14.1. The number of esters is 1. The average Bonchev–Trinajstić information content (AvgIpc) is 2.45. The fourth-order valence-electron chi connectivity index (χ4n) is 1.50. The van der Waals surface area contributed by atoms with Gasteiger partial charge in [-0.15, -0.1) is 0 Å². The first-order valence-corrected chi connectivity index (χ1v) is 8.27. The second-order valence-electron chi connectivity index (χ2n) is 3.91. The smallest absolute Gasteiger partial charge is 0.321 e. The highest BCUT2D eigenvalue weighted by atomic mass is 79.9. The summed E-state index contributed by atoms with van der Waals surface area (Å²) in [6.07, 6.45) is 0. The number of rotatable bonds is 5. The number of carbonyl (C=O) groups is 1. The van der Waals surface area contributed by atoms with Crippen molar-refractivity contribution in [2.75, 3.05) is 25.9 Å². The van der Waals surface area contributed by atoms with Crippen LogP contribution in [0.2, 0.25) is 5.02 Å². The van der Waals surface area contributed by atoms with Crippen molar-refractivity contribution in [1.82, 2.24) is 4.31 Å². The SMILES string of the molecule is CCN(CC(=O)OC)S(=O)(=O)c1cc(Cl)c(Br)c(N)c1F. The van der Waals surface area contributed by atoms with Gasteiger partial charge in [0.2, 0.25) is 10.0 Å². The average molecular weight is 404 g/mol. The third-order valence-electron chi connectivity index (χ3n) is 2.66. The van der Waals surface area contributed by atoms with Crippen LogP contribution in [0.15, 0.2) is 15.4 Å². The Labute approximate surface area is 135 Å². The number of halogens is 3. The Kier molecular flexibility index (Phi) is 5.97. The number of carbonyl (C=O) groups excluding carboxylic acids is 1. The van der Waals surface area contributed by atoms with Crippen LogP contribution in [0.3, 0.4) is 0 Å². The van der Waals surface area contributed by atoms with Crippen LogP contribution in [-0.2, 0) is 19.6 Å². The van der Waals surface area contributed by atoms with Crippen LogP contribution in [0, 0.1) is 5.82 Å². The van der Waals surface area contributed by atoms with E-state index in [2.05, 4.69) is 20.7 Å². The van der Waals surface area contributed by atoms with Crippen LogP contribution >= 0.6 is 27.5 Å². The van der Waals surface area contributed by atoms with E-state index in [9.17, 15) is 17.6 Å². The molecule has 21 heavy (non-hydrogen) atoms. The minimum atomic E-state index is -4.28. The maximum Gasteiger partial charge on any atom is 0.321 e. The molecule has 1 aromatic carbocycles. The van der Waals surface area contributed by atoms with Gasteiger partial charge in [-0.3, -0.25) is 4.79 Å². The Bertz CT molecular complexity index is 669. The van der Waals surface area contributed by atoms with Gasteiger partial charge in [0, 0.05) is 6.54 Å². The molecule has 0 atom stereocenters. The second kappa shape index (κ2) is 6.91. The third kappa shape index (κ3) is 3.65. The normalized spacial score (nSPS) is 11.7. The third-order valence-corrected chi connectivity index (χ3v) is 5.96. The predicted octanol–water partition coefficient (Wildman–Crippen LogP) is 2.01. The van der Waals surface area contributed by atoms with E-state index in [0.29, 0.717) is 0 Å². The van der Waals surface area contributed by atoms with Crippen molar-refractivity contribution >= 4 is 49.2 Å². The van der Waals surface area contributed by atoms with Crippen LogP contribution < -0.4 is 5.73 Å². The predicted molar refractivity (Wildman–Crippen MR) is 80.0 cm³/mol. The number of hydrogen-bond donors (Lipinski definition) is 1. The summed E-state index contributed by atoms with van der Waals surface area (Å²) >= 11 is 8.77. The molecule has 1 aromatic rings. The Balaban J connectivity index is 3.39. The molecule has 0 fully saturated rings. The number of methoxy groups -OCH3 is 1. The van der Waals surface area contributed by atoms with Crippen LogP contribution in [-0.4, -0.2) is 38.9 Å². The molecular formula is C11H13BrClFN2O4S. The van der Waals surface area contributed by atoms with E-state index in [1.165, 1.54) is 6.92 Å². The number of ether oxygens (including phenoxy) is 1. The van der Waals surface area contributed by atoms with Crippen molar-refractivity contribution in [3.05, 3.63) is 21.4 Å². The van der Waals surface area contributed by atoms with E-state index in [1.54, 1.807) is 0 Å². The molecule has 0 unspecified atom stereocenters. The van der Waals surface area contributed by atoms with Gasteiger partial charge >= 0.3 is 5.97 Å². The van der Waals surface area contributed by atoms with Gasteiger partial charge < -0.3 is 10.5 Å². The first-order valence-electron chi connectivity index (χ1n) is 5.66. The number of nitrogen functional groups attached to an aromatic ring is 1. The molecule has 0 radical (unpaired) electrons. The van der Waals surface area contributed by atoms with Gasteiger partial charge in [-0.2, -0.15) is 4.31 Å². The molecule has 0 aromatic heterocycles. The van der Waals surface area contributed by atoms with Crippen LogP contribution in [0.4, 0.5) is 10.1 Å². The number of nitrogens with two attached hydrogens (primary N) is 1. The van der Waals surface area contributed by atoms with Crippen LogP contribution in [0.5, 0.6) is 0 Å². The Morgan fingerprint density at radius 2 is 2.14 bits per heavy atom. The van der Waals surface area contributed by atoms with E-state index in [4.69, 9.17) is 17.3 Å². The molecule has 0 amide bonds. The topological polar surface area (TPSA) is 89.7 Å². The fraction of sp³-hybridized carbons (Fsp3) is 0.364. The fourth-order valence-corrected chi connectivity index (χ4v) is 3.56. The Morgan fingerprint density at radius 3 is 2.62 bits per heavy atom. The van der Waals surface area contributed by atoms with Crippen molar-refractivity contribution in [1.29, 1.82) is 0 Å². The minimum absolute atomic E-state index is 0.0511. The zero-order chi connectivity index (χ0) is 16.4. The van der Waals surface area contributed by atoms with E-state index in [-0.39, 0.29) is 16.0 Å². The maximum atomic E-state index is 14.1. The molecular weight excluding hydrogens is 391 g/mol. The van der Waals surface area contributed by atoms with E-state index >= 15 is 0 Å². The summed E-state index contributed by atoms with van der Waals surface area (Å²) in [6, 6.07) is 0.937. The Hall–Kier alpha value is -0.900. The van der Waals surface area contributed by atoms with Gasteiger partial charge in [0.25, 0.3) is 0 Å². The lowest BCUT2D eigenvalue weighted by Crippen LogP contribution is -2.36. The minimum Gasteiger partial charge on any atom is -0.468 e. The molecule has 1 rings (SSSR count). The van der Waals surface area contributed by atoms with Crippen molar-refractivity contribution in [3.8, 4) is 0 Å². The number of nitrogens with zero attached hydrogens (tertiary/aromatic N) is 1.